The Labute approximate surface area is 676 Å². The molecular formula is C88H100O16P2Si8. The van der Waals surface area contributed by atoms with Crippen molar-refractivity contribution in [2.45, 2.75) is 225 Å². The highest BCUT2D eigenvalue weighted by Crippen LogP contribution is 2.65. The third kappa shape index (κ3) is 12.8. The van der Waals surface area contributed by atoms with Gasteiger partial charge in [-0.15, -0.1) is 0 Å². The van der Waals surface area contributed by atoms with Crippen molar-refractivity contribution in [3.63, 3.8) is 0 Å². The van der Waals surface area contributed by atoms with E-state index < -0.39 is 86.4 Å². The number of hydrogen-bond acceptors (Lipinski definition) is 16. The summed E-state index contributed by atoms with van der Waals surface area (Å²) in [6, 6.07) is 73.5. The summed E-state index contributed by atoms with van der Waals surface area (Å²) in [4.78, 5) is 0. The monoisotopic (exact) mass is 1700 g/mol. The molecule has 0 radical (unpaired) electrons. The average molecular weight is 1700 g/mol. The molecule has 12 aromatic rings. The lowest BCUT2D eigenvalue weighted by atomic mass is 9.99. The highest BCUT2D eigenvalue weighted by Gasteiger charge is 2.85. The van der Waals surface area contributed by atoms with Gasteiger partial charge in [-0.25, -0.2) is 0 Å². The van der Waals surface area contributed by atoms with E-state index in [-0.39, 0.29) is 38.8 Å². The van der Waals surface area contributed by atoms with E-state index in [0.29, 0.717) is 22.3 Å². The Morgan fingerprint density at radius 2 is 0.482 bits per heavy atom. The lowest BCUT2D eigenvalue weighted by molar-refractivity contribution is -0.00193. The molecule has 5 heterocycles. The molecule has 114 heavy (non-hydrogen) atoms. The summed E-state index contributed by atoms with van der Waals surface area (Å²) in [5.41, 5.74) is 0.691. The molecule has 10 fully saturated rings. The summed E-state index contributed by atoms with van der Waals surface area (Å²) in [6.45, 7) is 2.38. The molecule has 0 N–H and O–H groups in total. The molecule has 7 aliphatic carbocycles. The first-order valence-electron chi connectivity index (χ1n) is 42.9. The lowest BCUT2D eigenvalue weighted by Gasteiger charge is -2.62. The summed E-state index contributed by atoms with van der Waals surface area (Å²) in [7, 11) is -41.6. The molecule has 3 saturated heterocycles. The minimum absolute atomic E-state index is 0.206. The summed E-state index contributed by atoms with van der Waals surface area (Å²) >= 11 is 0. The number of rotatable bonds is 15. The van der Waals surface area contributed by atoms with Crippen LogP contribution in [0.4, 0.5) is 0 Å². The first-order valence-corrected chi connectivity index (χ1v) is 60.1. The fourth-order valence-corrected chi connectivity index (χ4v) is 77.8. The molecule has 0 amide bonds. The zero-order valence-electron chi connectivity index (χ0n) is 64.9. The van der Waals surface area contributed by atoms with Gasteiger partial charge in [0.15, 0.2) is 0 Å². The zero-order valence-corrected chi connectivity index (χ0v) is 74.7. The Balaban J connectivity index is 0.872. The summed E-state index contributed by atoms with van der Waals surface area (Å²) in [5, 5.41) is 14.5. The van der Waals surface area contributed by atoms with Gasteiger partial charge in [-0.1, -0.05) is 272 Å². The van der Waals surface area contributed by atoms with E-state index >= 15 is 0 Å². The van der Waals surface area contributed by atoms with Crippen molar-refractivity contribution in [1.29, 1.82) is 0 Å². The van der Waals surface area contributed by atoms with E-state index in [9.17, 15) is 37.0 Å². The van der Waals surface area contributed by atoms with Gasteiger partial charge in [0.25, 0.3) is 0 Å². The van der Waals surface area contributed by atoms with Gasteiger partial charge < -0.3 is 57.9 Å². The lowest BCUT2D eigenvalue weighted by Crippen LogP contribution is -2.86. The van der Waals surface area contributed by atoms with Crippen LogP contribution in [-0.4, -0.2) is 69.9 Å². The quantitative estimate of drug-likeness (QED) is 0.0890. The number of hydrogen-bond donors (Lipinski definition) is 0. The predicted octanol–water partition coefficient (Wildman–Crippen LogP) is 24.8. The van der Waals surface area contributed by atoms with E-state index in [4.69, 9.17) is 29.3 Å². The molecule has 7 saturated carbocycles. The van der Waals surface area contributed by atoms with Crippen molar-refractivity contribution in [2.24, 2.45) is 0 Å². The zero-order chi connectivity index (χ0) is 75.7. The molecule has 10 aromatic carbocycles. The van der Waals surface area contributed by atoms with Gasteiger partial charge in [-0.3, -0.25) is 8.43 Å². The van der Waals surface area contributed by atoms with Gasteiger partial charge in [-0.05, 0) is 174 Å². The molecule has 10 aliphatic rings. The Hall–Kier alpha value is -5.70. The van der Waals surface area contributed by atoms with E-state index in [1.165, 1.54) is 0 Å². The van der Waals surface area contributed by atoms with Gasteiger partial charge in [0.05, 0.1) is 0 Å². The molecule has 2 aromatic heterocycles. The van der Waals surface area contributed by atoms with Gasteiger partial charge in [0.2, 0.25) is 8.32 Å². The SMILES string of the molecule is C[Si](O[Si]1(C2CCCC2)O[Si]2(C3CCCC3)O[Si](Op3oc4ccc5ccccc5c4c4c(ccc5ccccc54)o3)(C3CCCC3)O[Si]3(C4CCCC4)O[Si](Op4oc5ccc6ccccc6c5c5c(ccc6ccccc65)o4)(C4CCCC4)O[Si](C4CCCC4)(O1)O[Si](C1CCCC1)(O3)O2)(c1ccccc1)c1ccccc1. The topological polar surface area (TPSA) is 163 Å². The second-order valence-corrected chi connectivity index (χ2v) is 63.2. The van der Waals surface area contributed by atoms with E-state index in [1.807, 2.05) is 0 Å². The fourth-order valence-electron chi connectivity index (χ4n) is 22.0. The molecule has 22 rings (SSSR count). The van der Waals surface area contributed by atoms with Crippen LogP contribution in [0.5, 0.6) is 0 Å². The maximum Gasteiger partial charge on any atom is 0.501 e. The number of fused-ring (bicyclic) bond motifs is 17. The van der Waals surface area contributed by atoms with Crippen molar-refractivity contribution in [3.05, 3.63) is 206 Å². The maximum absolute atomic E-state index is 9.40. The Morgan fingerprint density at radius 3 is 0.763 bits per heavy atom. The average Bonchev–Trinajstić information content (AvgIpc) is 1.10. The van der Waals surface area contributed by atoms with E-state index in [1.54, 1.807) is 0 Å². The summed E-state index contributed by atoms with van der Waals surface area (Å²) in [5.74, 6) is 0. The molecule has 4 bridgehead atoms. The highest BCUT2D eigenvalue weighted by atomic mass is 31.1. The first-order chi connectivity index (χ1) is 56.0. The van der Waals surface area contributed by atoms with Crippen molar-refractivity contribution >= 4 is 184 Å². The third-order valence-corrected chi connectivity index (χ3v) is 69.5. The smallest absolute Gasteiger partial charge is 0.408 e. The second kappa shape index (κ2) is 29.9. The normalized spacial score (nSPS) is 29.5. The van der Waals surface area contributed by atoms with Crippen LogP contribution in [0.2, 0.25) is 45.3 Å². The Bertz CT molecular complexity index is 5210. The summed E-state index contributed by atoms with van der Waals surface area (Å²) < 4.78 is 141. The van der Waals surface area contributed by atoms with Gasteiger partial charge in [-0.2, -0.15) is 0 Å². The molecule has 16 nitrogen and oxygen atoms in total. The molecule has 3 aliphatic heterocycles. The van der Waals surface area contributed by atoms with Crippen LogP contribution in [0.15, 0.2) is 223 Å². The molecule has 4 atom stereocenters. The largest absolute Gasteiger partial charge is 0.501 e. The van der Waals surface area contributed by atoms with E-state index in [0.717, 1.165) is 255 Å². The van der Waals surface area contributed by atoms with Gasteiger partial charge in [0, 0.05) is 60.3 Å². The van der Waals surface area contributed by atoms with Crippen molar-refractivity contribution in [2.75, 3.05) is 0 Å². The van der Waals surface area contributed by atoms with Crippen LogP contribution in [0.3, 0.4) is 0 Å². The van der Waals surface area contributed by atoms with Crippen molar-refractivity contribution < 1.29 is 66.4 Å². The van der Waals surface area contributed by atoms with Crippen LogP contribution >= 0.6 is 16.5 Å². The van der Waals surface area contributed by atoms with Crippen LogP contribution < -0.4 is 18.8 Å². The van der Waals surface area contributed by atoms with Crippen LogP contribution in [-0.2, 0) is 41.2 Å². The van der Waals surface area contributed by atoms with Gasteiger partial charge >= 0.3 is 78.1 Å². The maximum atomic E-state index is 9.40. The van der Waals surface area contributed by atoms with E-state index in [2.05, 4.69) is 213 Å². The van der Waals surface area contributed by atoms with Crippen molar-refractivity contribution in [1.82, 2.24) is 0 Å². The van der Waals surface area contributed by atoms with Crippen molar-refractivity contribution in [3.8, 4) is 0 Å². The second-order valence-electron chi connectivity index (χ2n) is 34.5. The molecule has 590 valence electrons. The fraction of sp³-hybridized carbons (Fsp3) is 0.409. The first kappa shape index (κ1) is 74.6. The molecule has 26 heteroatoms. The van der Waals surface area contributed by atoms with Crippen LogP contribution in [0.25, 0.3) is 87.0 Å². The third-order valence-electron chi connectivity index (χ3n) is 27.7. The Kier molecular flexibility index (Phi) is 19.6. The predicted molar refractivity (Wildman–Crippen MR) is 466 cm³/mol. The van der Waals surface area contributed by atoms with Crippen LogP contribution in [0.1, 0.15) is 180 Å². The minimum Gasteiger partial charge on any atom is -0.408 e. The molecule has 4 unspecified atom stereocenters. The standard InChI is InChI=1S/C88H100O16P2Si8/c1-107(68-34-4-2-5-35-68,69-36-6-3-7-37-69)95-110(72-42-16-17-43-72)100-112(74-46-20-21-47-74)98-108(70-38-12-13-39-70,93-105-89-81-60-56-64-30-8-26-52-77(64)85(81)86-78-53-27-9-31-65(78)57-61-82(86)90-105)96-111(73-44-18-19-45-73)97-109(71-40-14-15-41-71,99-113(101-110,75-48-22-23-49-75)104-114(102-111,103-112)76-50-24-25-51-76)94-106-91-83-62-58-66-32-10-28-54-79(66)87(83)88-80-55-29-11-33-67(80)59-63-84(88)92-106/h2-11,26-37,52-63,70-76H,12-25,38-51H2,1H3. The molecular weight excluding hydrogens is 1600 g/mol. The Morgan fingerprint density at radius 1 is 0.254 bits per heavy atom. The minimum atomic E-state index is -4.83. The molecule has 0 spiro atoms. The van der Waals surface area contributed by atoms with Crippen LogP contribution in [0, 0.1) is 0 Å². The summed E-state index contributed by atoms with van der Waals surface area (Å²) in [6.07, 6.45) is 24.1. The highest BCUT2D eigenvalue weighted by molar-refractivity contribution is 7.35. The number of benzene rings is 10. The van der Waals surface area contributed by atoms with Gasteiger partial charge in [0.1, 0.15) is 22.3 Å².